The largest absolute Gasteiger partial charge is 0.455 e. The van der Waals surface area contributed by atoms with Crippen LogP contribution in [0, 0.1) is 10.1 Å². The number of halogens is 1. The Labute approximate surface area is 154 Å². The Bertz CT molecular complexity index is 950. The van der Waals surface area contributed by atoms with Crippen molar-refractivity contribution >= 4 is 45.1 Å². The fourth-order valence-electron chi connectivity index (χ4n) is 2.05. The molecule has 0 unspecified atom stereocenters. The van der Waals surface area contributed by atoms with Crippen molar-refractivity contribution in [2.45, 2.75) is 0 Å². The summed E-state index contributed by atoms with van der Waals surface area (Å²) in [7, 11) is 0. The second-order valence-corrected chi connectivity index (χ2v) is 6.66. The minimum absolute atomic E-state index is 0.0711. The predicted molar refractivity (Wildman–Crippen MR) is 97.9 cm³/mol. The maximum absolute atomic E-state index is 11.7. The van der Waals surface area contributed by atoms with Crippen LogP contribution in [0.1, 0.15) is 15.4 Å². The van der Waals surface area contributed by atoms with Crippen molar-refractivity contribution in [3.05, 3.63) is 73.1 Å². The number of nitrogens with one attached hydrogen (secondary N) is 1. The fraction of sp³-hybridized carbons (Fsp3) is 0. The summed E-state index contributed by atoms with van der Waals surface area (Å²) in [6.45, 7) is 0. The molecule has 7 nitrogen and oxygen atoms in total. The summed E-state index contributed by atoms with van der Waals surface area (Å²) in [5.74, 6) is 0.380. The first-order chi connectivity index (χ1) is 12.0. The lowest BCUT2D eigenvalue weighted by Gasteiger charge is -2.00. The molecule has 2 aromatic heterocycles. The topological polar surface area (TPSA) is 97.7 Å². The summed E-state index contributed by atoms with van der Waals surface area (Å²) < 4.78 is 6.16. The number of thiophene rings is 1. The SMILES string of the molecule is O=C(N/N=C\c1ccc(-c2ccc(Br)cc2[N+](=O)[O-])o1)c1cccs1. The Balaban J connectivity index is 1.76. The first kappa shape index (κ1) is 17.1. The highest BCUT2D eigenvalue weighted by Crippen LogP contribution is 2.33. The number of hydrazone groups is 1. The zero-order valence-corrected chi connectivity index (χ0v) is 14.9. The van der Waals surface area contributed by atoms with E-state index in [0.717, 1.165) is 0 Å². The lowest BCUT2D eigenvalue weighted by atomic mass is 10.1. The lowest BCUT2D eigenvalue weighted by molar-refractivity contribution is -0.384. The van der Waals surface area contributed by atoms with Crippen molar-refractivity contribution in [3.63, 3.8) is 0 Å². The Morgan fingerprint density at radius 3 is 2.88 bits per heavy atom. The van der Waals surface area contributed by atoms with Crippen LogP contribution in [0.4, 0.5) is 5.69 Å². The highest BCUT2D eigenvalue weighted by Gasteiger charge is 2.18. The molecule has 2 heterocycles. The molecule has 0 spiro atoms. The number of furan rings is 1. The number of nitrogens with zero attached hydrogens (tertiary/aromatic N) is 2. The quantitative estimate of drug-likeness (QED) is 0.375. The molecule has 9 heteroatoms. The van der Waals surface area contributed by atoms with E-state index in [1.54, 1.807) is 41.8 Å². The van der Waals surface area contributed by atoms with Gasteiger partial charge in [0.25, 0.3) is 11.6 Å². The molecule has 0 fully saturated rings. The van der Waals surface area contributed by atoms with Gasteiger partial charge in [-0.25, -0.2) is 5.43 Å². The smallest absolute Gasteiger partial charge is 0.281 e. The number of amides is 1. The Morgan fingerprint density at radius 2 is 2.16 bits per heavy atom. The van der Waals surface area contributed by atoms with E-state index < -0.39 is 4.92 Å². The third-order valence-electron chi connectivity index (χ3n) is 3.15. The van der Waals surface area contributed by atoms with E-state index in [4.69, 9.17) is 4.42 Å². The second kappa shape index (κ2) is 7.41. The van der Waals surface area contributed by atoms with Crippen molar-refractivity contribution in [2.24, 2.45) is 5.10 Å². The number of benzene rings is 1. The number of rotatable bonds is 5. The molecule has 1 aromatic carbocycles. The van der Waals surface area contributed by atoms with Gasteiger partial charge >= 0.3 is 0 Å². The summed E-state index contributed by atoms with van der Waals surface area (Å²) in [4.78, 5) is 23.0. The average Bonchev–Trinajstić information content (AvgIpc) is 3.26. The van der Waals surface area contributed by atoms with E-state index in [9.17, 15) is 14.9 Å². The molecule has 1 N–H and O–H groups in total. The molecule has 0 aliphatic carbocycles. The molecule has 1 amide bonds. The van der Waals surface area contributed by atoms with Gasteiger partial charge in [-0.3, -0.25) is 14.9 Å². The summed E-state index contributed by atoms with van der Waals surface area (Å²) >= 11 is 4.52. The van der Waals surface area contributed by atoms with Crippen molar-refractivity contribution in [2.75, 3.05) is 0 Å². The molecule has 25 heavy (non-hydrogen) atoms. The Kier molecular flexibility index (Phi) is 5.05. The van der Waals surface area contributed by atoms with Gasteiger partial charge in [-0.15, -0.1) is 11.3 Å². The molecule has 3 aromatic rings. The average molecular weight is 420 g/mol. The van der Waals surface area contributed by atoms with Crippen LogP contribution in [-0.4, -0.2) is 17.0 Å². The third-order valence-corrected chi connectivity index (χ3v) is 4.51. The van der Waals surface area contributed by atoms with E-state index in [0.29, 0.717) is 26.4 Å². The standard InChI is InChI=1S/C16H10BrN3O4S/c17-10-3-5-12(13(8-10)20(22)23)14-6-4-11(24-14)9-18-19-16(21)15-2-1-7-25-15/h1-9H,(H,19,21)/b18-9-. The first-order valence-electron chi connectivity index (χ1n) is 6.95. The van der Waals surface area contributed by atoms with Gasteiger partial charge in [0.15, 0.2) is 0 Å². The summed E-state index contributed by atoms with van der Waals surface area (Å²) in [5, 5.41) is 16.8. The molecule has 126 valence electrons. The normalized spacial score (nSPS) is 10.9. The first-order valence-corrected chi connectivity index (χ1v) is 8.63. The summed E-state index contributed by atoms with van der Waals surface area (Å²) in [6, 6.07) is 11.4. The zero-order chi connectivity index (χ0) is 17.8. The second-order valence-electron chi connectivity index (χ2n) is 4.80. The Hall–Kier alpha value is -2.78. The van der Waals surface area contributed by atoms with Gasteiger partial charge in [-0.05, 0) is 35.7 Å². The van der Waals surface area contributed by atoms with E-state index in [-0.39, 0.29) is 11.6 Å². The monoisotopic (exact) mass is 419 g/mol. The van der Waals surface area contributed by atoms with Crippen LogP contribution in [0.2, 0.25) is 0 Å². The zero-order valence-electron chi connectivity index (χ0n) is 12.5. The highest BCUT2D eigenvalue weighted by molar-refractivity contribution is 9.10. The lowest BCUT2D eigenvalue weighted by Crippen LogP contribution is -2.15. The highest BCUT2D eigenvalue weighted by atomic mass is 79.9. The molecule has 0 saturated heterocycles. The molecular weight excluding hydrogens is 410 g/mol. The number of nitro groups is 1. The van der Waals surface area contributed by atoms with Gasteiger partial charge in [0.05, 0.1) is 21.6 Å². The predicted octanol–water partition coefficient (Wildman–Crippen LogP) is 4.44. The van der Waals surface area contributed by atoms with E-state index in [1.165, 1.54) is 23.6 Å². The van der Waals surface area contributed by atoms with Gasteiger partial charge in [0.1, 0.15) is 11.5 Å². The van der Waals surface area contributed by atoms with Crippen LogP contribution >= 0.6 is 27.3 Å². The molecule has 0 radical (unpaired) electrons. The molecule has 0 saturated carbocycles. The number of nitro benzene ring substituents is 1. The molecular formula is C16H10BrN3O4S. The number of hydrogen-bond acceptors (Lipinski definition) is 6. The van der Waals surface area contributed by atoms with Crippen LogP contribution in [0.3, 0.4) is 0 Å². The fourth-order valence-corrected chi connectivity index (χ4v) is 3.01. The molecule has 0 atom stereocenters. The van der Waals surface area contributed by atoms with Crippen molar-refractivity contribution in [1.82, 2.24) is 5.43 Å². The van der Waals surface area contributed by atoms with Gasteiger partial charge in [-0.2, -0.15) is 5.10 Å². The third kappa shape index (κ3) is 4.01. The Morgan fingerprint density at radius 1 is 1.32 bits per heavy atom. The van der Waals surface area contributed by atoms with E-state index in [1.807, 2.05) is 0 Å². The van der Waals surface area contributed by atoms with Gasteiger partial charge in [-0.1, -0.05) is 22.0 Å². The molecule has 0 bridgehead atoms. The maximum atomic E-state index is 11.7. The molecule has 3 rings (SSSR count). The maximum Gasteiger partial charge on any atom is 0.281 e. The minimum atomic E-state index is -0.475. The van der Waals surface area contributed by atoms with Crippen molar-refractivity contribution < 1.29 is 14.1 Å². The van der Waals surface area contributed by atoms with Gasteiger partial charge in [0, 0.05) is 10.5 Å². The minimum Gasteiger partial charge on any atom is -0.455 e. The van der Waals surface area contributed by atoms with Gasteiger partial charge in [0.2, 0.25) is 0 Å². The van der Waals surface area contributed by atoms with Crippen LogP contribution in [-0.2, 0) is 0 Å². The van der Waals surface area contributed by atoms with Gasteiger partial charge < -0.3 is 4.42 Å². The molecule has 0 aliphatic rings. The number of carbonyl (C=O) groups excluding carboxylic acids is 1. The molecule has 0 aliphatic heterocycles. The van der Waals surface area contributed by atoms with Crippen LogP contribution in [0.25, 0.3) is 11.3 Å². The van der Waals surface area contributed by atoms with Crippen molar-refractivity contribution in [3.8, 4) is 11.3 Å². The van der Waals surface area contributed by atoms with Crippen LogP contribution < -0.4 is 5.43 Å². The van der Waals surface area contributed by atoms with E-state index in [2.05, 4.69) is 26.5 Å². The van der Waals surface area contributed by atoms with Crippen LogP contribution in [0.15, 0.2) is 61.8 Å². The summed E-state index contributed by atoms with van der Waals surface area (Å²) in [6.07, 6.45) is 1.33. The van der Waals surface area contributed by atoms with Crippen LogP contribution in [0.5, 0.6) is 0 Å². The number of carbonyl (C=O) groups is 1. The summed E-state index contributed by atoms with van der Waals surface area (Å²) in [5.41, 5.74) is 2.67. The van der Waals surface area contributed by atoms with E-state index >= 15 is 0 Å². The van der Waals surface area contributed by atoms with Crippen molar-refractivity contribution in [1.29, 1.82) is 0 Å². The number of hydrogen-bond donors (Lipinski definition) is 1.